The van der Waals surface area contributed by atoms with E-state index in [2.05, 4.69) is 81.5 Å². The predicted octanol–water partition coefficient (Wildman–Crippen LogP) is 18.4. The van der Waals surface area contributed by atoms with E-state index < -0.39 is 6.10 Å². The van der Waals surface area contributed by atoms with Gasteiger partial charge in [-0.3, -0.25) is 14.4 Å². The molecule has 0 aliphatic heterocycles. The quantitative estimate of drug-likeness (QED) is 0.0262. The molecule has 0 saturated carbocycles. The minimum Gasteiger partial charge on any atom is -0.462 e. The first-order chi connectivity index (χ1) is 32.0. The van der Waals surface area contributed by atoms with E-state index in [1.54, 1.807) is 0 Å². The molecule has 0 fully saturated rings. The molecule has 0 aliphatic rings. The molecule has 6 nitrogen and oxygen atoms in total. The summed E-state index contributed by atoms with van der Waals surface area (Å²) < 4.78 is 16.8. The molecule has 0 heterocycles. The van der Waals surface area contributed by atoms with Crippen LogP contribution in [-0.2, 0) is 28.6 Å². The van der Waals surface area contributed by atoms with Gasteiger partial charge in [-0.05, 0) is 109 Å². The van der Waals surface area contributed by atoms with Gasteiger partial charge in [0.2, 0.25) is 0 Å². The van der Waals surface area contributed by atoms with Crippen LogP contribution in [-0.4, -0.2) is 37.2 Å². The van der Waals surface area contributed by atoms with Gasteiger partial charge < -0.3 is 14.2 Å². The standard InChI is InChI=1S/C59H104O6/c1-4-7-10-13-16-19-22-25-27-28-29-30-32-34-37-40-43-46-49-52-58(61)64-55-56(54-63-57(60)51-48-45-42-39-36-33-24-21-18-15-12-9-6-3)65-59(62)53-50-47-44-41-38-35-31-26-23-20-17-14-11-8-5-2/h16,19,21,24-27,29-31,56H,4-15,17-18,20,22-23,28,32-55H2,1-3H3/b19-16-,24-21-,27-25-,30-29-,31-26-/t56-/m1/s1. The molecule has 1 atom stereocenters. The first-order valence-corrected chi connectivity index (χ1v) is 27.8. The summed E-state index contributed by atoms with van der Waals surface area (Å²) >= 11 is 0. The fraction of sp³-hybridized carbons (Fsp3) is 0.780. The maximum Gasteiger partial charge on any atom is 0.306 e. The zero-order valence-corrected chi connectivity index (χ0v) is 43.0. The highest BCUT2D eigenvalue weighted by Crippen LogP contribution is 2.14. The fourth-order valence-corrected chi connectivity index (χ4v) is 7.73. The molecule has 376 valence electrons. The van der Waals surface area contributed by atoms with Crippen molar-refractivity contribution < 1.29 is 28.6 Å². The average molecular weight is 909 g/mol. The Morgan fingerprint density at radius 2 is 0.554 bits per heavy atom. The Morgan fingerprint density at radius 3 is 0.923 bits per heavy atom. The minimum atomic E-state index is -0.787. The van der Waals surface area contributed by atoms with Crippen LogP contribution in [0.4, 0.5) is 0 Å². The van der Waals surface area contributed by atoms with Crippen molar-refractivity contribution in [3.63, 3.8) is 0 Å². The van der Waals surface area contributed by atoms with Crippen LogP contribution in [0, 0.1) is 0 Å². The molecular weight excluding hydrogens is 805 g/mol. The van der Waals surface area contributed by atoms with Gasteiger partial charge in [-0.25, -0.2) is 0 Å². The first kappa shape index (κ1) is 62.1. The summed E-state index contributed by atoms with van der Waals surface area (Å²) in [6, 6.07) is 0. The molecule has 0 bridgehead atoms. The summed E-state index contributed by atoms with van der Waals surface area (Å²) in [6.07, 6.45) is 66.3. The van der Waals surface area contributed by atoms with Gasteiger partial charge in [-0.1, -0.05) is 210 Å². The number of esters is 3. The number of hydrogen-bond acceptors (Lipinski definition) is 6. The minimum absolute atomic E-state index is 0.0856. The van der Waals surface area contributed by atoms with Gasteiger partial charge in [-0.2, -0.15) is 0 Å². The average Bonchev–Trinajstić information content (AvgIpc) is 3.30. The van der Waals surface area contributed by atoms with Gasteiger partial charge in [0.25, 0.3) is 0 Å². The second kappa shape index (κ2) is 53.7. The molecule has 0 spiro atoms. The van der Waals surface area contributed by atoms with E-state index in [4.69, 9.17) is 14.2 Å². The van der Waals surface area contributed by atoms with Crippen LogP contribution in [0.15, 0.2) is 60.8 Å². The van der Waals surface area contributed by atoms with Gasteiger partial charge >= 0.3 is 17.9 Å². The van der Waals surface area contributed by atoms with Crippen molar-refractivity contribution in [2.45, 2.75) is 284 Å². The zero-order chi connectivity index (χ0) is 47.2. The number of carbonyl (C=O) groups is 3. The topological polar surface area (TPSA) is 78.9 Å². The number of carbonyl (C=O) groups excluding carboxylic acids is 3. The highest BCUT2D eigenvalue weighted by molar-refractivity contribution is 5.71. The van der Waals surface area contributed by atoms with Gasteiger partial charge in [0.15, 0.2) is 6.10 Å². The van der Waals surface area contributed by atoms with Crippen LogP contribution in [0.25, 0.3) is 0 Å². The number of hydrogen-bond donors (Lipinski definition) is 0. The Bertz CT molecular complexity index is 1180. The normalized spacial score (nSPS) is 12.5. The van der Waals surface area contributed by atoms with Crippen LogP contribution in [0.5, 0.6) is 0 Å². The lowest BCUT2D eigenvalue weighted by atomic mass is 10.1. The highest BCUT2D eigenvalue weighted by atomic mass is 16.6. The van der Waals surface area contributed by atoms with E-state index in [9.17, 15) is 14.4 Å². The predicted molar refractivity (Wildman–Crippen MR) is 279 cm³/mol. The number of rotatable bonds is 50. The lowest BCUT2D eigenvalue weighted by Crippen LogP contribution is -2.30. The molecule has 0 rings (SSSR count). The zero-order valence-electron chi connectivity index (χ0n) is 43.0. The third-order valence-electron chi connectivity index (χ3n) is 12.0. The highest BCUT2D eigenvalue weighted by Gasteiger charge is 2.19. The Hall–Kier alpha value is -2.89. The summed E-state index contributed by atoms with van der Waals surface area (Å²) in [5, 5.41) is 0. The van der Waals surface area contributed by atoms with E-state index in [0.29, 0.717) is 19.3 Å². The van der Waals surface area contributed by atoms with E-state index in [0.717, 1.165) is 96.3 Å². The van der Waals surface area contributed by atoms with Crippen molar-refractivity contribution in [3.8, 4) is 0 Å². The maximum atomic E-state index is 12.8. The Kier molecular flexibility index (Phi) is 51.3. The Morgan fingerprint density at radius 1 is 0.308 bits per heavy atom. The SMILES string of the molecule is CCCCC/C=C\C/C=C\C/C=C\CCCCCCCCC(=O)OC[C@@H](COC(=O)CCCCCCC/C=C\CCCCCC)OC(=O)CCCCCCC/C=C\CCCCCCCC. The Balaban J connectivity index is 4.40. The van der Waals surface area contributed by atoms with Gasteiger partial charge in [0, 0.05) is 19.3 Å². The van der Waals surface area contributed by atoms with Crippen LogP contribution in [0.2, 0.25) is 0 Å². The molecule has 65 heavy (non-hydrogen) atoms. The summed E-state index contributed by atoms with van der Waals surface area (Å²) in [4.78, 5) is 38.1. The van der Waals surface area contributed by atoms with E-state index in [-0.39, 0.29) is 31.1 Å². The second-order valence-corrected chi connectivity index (χ2v) is 18.5. The maximum absolute atomic E-state index is 12.8. The molecule has 0 unspecified atom stereocenters. The smallest absolute Gasteiger partial charge is 0.306 e. The van der Waals surface area contributed by atoms with Crippen LogP contribution < -0.4 is 0 Å². The molecule has 0 aromatic heterocycles. The molecule has 0 aliphatic carbocycles. The Labute approximate surface area is 402 Å². The van der Waals surface area contributed by atoms with Crippen LogP contribution in [0.1, 0.15) is 278 Å². The lowest BCUT2D eigenvalue weighted by Gasteiger charge is -2.18. The number of ether oxygens (including phenoxy) is 3. The third-order valence-corrected chi connectivity index (χ3v) is 12.0. The van der Waals surface area contributed by atoms with Gasteiger partial charge in [0.1, 0.15) is 13.2 Å². The number of allylic oxidation sites excluding steroid dienone is 10. The molecule has 0 amide bonds. The lowest BCUT2D eigenvalue weighted by molar-refractivity contribution is -0.167. The van der Waals surface area contributed by atoms with Crippen molar-refractivity contribution >= 4 is 17.9 Å². The molecule has 0 N–H and O–H groups in total. The van der Waals surface area contributed by atoms with E-state index in [1.807, 2.05) is 0 Å². The molecule has 0 saturated heterocycles. The largest absolute Gasteiger partial charge is 0.462 e. The second-order valence-electron chi connectivity index (χ2n) is 18.5. The van der Waals surface area contributed by atoms with Crippen molar-refractivity contribution in [1.29, 1.82) is 0 Å². The molecular formula is C59H104O6. The molecule has 0 aromatic rings. The monoisotopic (exact) mass is 909 g/mol. The van der Waals surface area contributed by atoms with Crippen LogP contribution in [0.3, 0.4) is 0 Å². The third kappa shape index (κ3) is 51.9. The van der Waals surface area contributed by atoms with Gasteiger partial charge in [-0.15, -0.1) is 0 Å². The van der Waals surface area contributed by atoms with Crippen molar-refractivity contribution in [1.82, 2.24) is 0 Å². The molecule has 6 heteroatoms. The van der Waals surface area contributed by atoms with Crippen molar-refractivity contribution in [3.05, 3.63) is 60.8 Å². The molecule has 0 aromatic carbocycles. The van der Waals surface area contributed by atoms with Gasteiger partial charge in [0.05, 0.1) is 0 Å². The summed E-state index contributed by atoms with van der Waals surface area (Å²) in [7, 11) is 0. The van der Waals surface area contributed by atoms with Crippen LogP contribution >= 0.6 is 0 Å². The first-order valence-electron chi connectivity index (χ1n) is 27.8. The molecule has 0 radical (unpaired) electrons. The number of unbranched alkanes of at least 4 members (excludes halogenated alkanes) is 29. The summed E-state index contributed by atoms with van der Waals surface area (Å²) in [5.41, 5.74) is 0. The van der Waals surface area contributed by atoms with E-state index in [1.165, 1.54) is 141 Å². The van der Waals surface area contributed by atoms with E-state index >= 15 is 0 Å². The van der Waals surface area contributed by atoms with Crippen molar-refractivity contribution in [2.24, 2.45) is 0 Å². The fourth-order valence-electron chi connectivity index (χ4n) is 7.73. The summed E-state index contributed by atoms with van der Waals surface area (Å²) in [6.45, 7) is 6.58. The van der Waals surface area contributed by atoms with Crippen molar-refractivity contribution in [2.75, 3.05) is 13.2 Å². The summed E-state index contributed by atoms with van der Waals surface area (Å²) in [5.74, 6) is -0.908.